The van der Waals surface area contributed by atoms with Crippen molar-refractivity contribution in [2.45, 2.75) is 25.8 Å². The van der Waals surface area contributed by atoms with Crippen LogP contribution < -0.4 is 5.32 Å². The topological polar surface area (TPSA) is 32.3 Å². The highest BCUT2D eigenvalue weighted by Gasteiger charge is 2.30. The van der Waals surface area contributed by atoms with Gasteiger partial charge in [-0.1, -0.05) is 12.1 Å². The lowest BCUT2D eigenvalue weighted by Gasteiger charge is -2.24. The number of aryl methyl sites for hydroxylation is 1. The number of likely N-dealkylation sites (tertiary alicyclic amines) is 1. The Morgan fingerprint density at radius 3 is 3.09 bits per heavy atom. The maximum atomic E-state index is 13.3. The van der Waals surface area contributed by atoms with Crippen molar-refractivity contribution in [3.05, 3.63) is 52.0 Å². The van der Waals surface area contributed by atoms with Gasteiger partial charge in [0.15, 0.2) is 0 Å². The largest absolute Gasteiger partial charge is 0.376 e. The van der Waals surface area contributed by atoms with E-state index in [1.165, 1.54) is 17.0 Å². The molecular weight excluding hydrogens is 299 g/mol. The maximum Gasteiger partial charge on any atom is 0.242 e. The molecule has 0 radical (unpaired) electrons. The Morgan fingerprint density at radius 1 is 1.45 bits per heavy atom. The number of amides is 1. The van der Waals surface area contributed by atoms with Crippen molar-refractivity contribution in [1.29, 1.82) is 0 Å². The monoisotopic (exact) mass is 318 g/mol. The molecule has 1 aromatic carbocycles. The molecule has 1 amide bonds. The first-order valence-electron chi connectivity index (χ1n) is 7.48. The predicted molar refractivity (Wildman–Crippen MR) is 87.6 cm³/mol. The summed E-state index contributed by atoms with van der Waals surface area (Å²) in [7, 11) is 0. The van der Waals surface area contributed by atoms with Crippen molar-refractivity contribution in [2.24, 2.45) is 0 Å². The minimum absolute atomic E-state index is 0.0690. The van der Waals surface area contributed by atoms with Crippen LogP contribution in [0.25, 0.3) is 0 Å². The van der Waals surface area contributed by atoms with Crippen LogP contribution in [-0.2, 0) is 4.79 Å². The molecular formula is C17H19FN2OS. The minimum Gasteiger partial charge on any atom is -0.376 e. The van der Waals surface area contributed by atoms with Gasteiger partial charge in [-0.15, -0.1) is 11.3 Å². The van der Waals surface area contributed by atoms with Gasteiger partial charge in [0.2, 0.25) is 5.91 Å². The summed E-state index contributed by atoms with van der Waals surface area (Å²) in [5, 5.41) is 5.11. The third kappa shape index (κ3) is 3.14. The molecule has 1 atom stereocenters. The van der Waals surface area contributed by atoms with Gasteiger partial charge in [0.05, 0.1) is 12.6 Å². The van der Waals surface area contributed by atoms with Gasteiger partial charge in [-0.3, -0.25) is 4.79 Å². The van der Waals surface area contributed by atoms with Crippen molar-refractivity contribution in [2.75, 3.05) is 18.4 Å². The number of anilines is 1. The SMILES string of the molecule is Cc1ccc(F)cc1NCC(=O)N1CCC[C@@H]1c1cccs1. The molecule has 3 nitrogen and oxygen atoms in total. The molecule has 1 N–H and O–H groups in total. The number of nitrogens with zero attached hydrogens (tertiary/aromatic N) is 1. The molecule has 1 aliphatic rings. The van der Waals surface area contributed by atoms with Crippen molar-refractivity contribution < 1.29 is 9.18 Å². The molecule has 116 valence electrons. The molecule has 1 aromatic heterocycles. The van der Waals surface area contributed by atoms with Crippen LogP contribution in [0.4, 0.5) is 10.1 Å². The van der Waals surface area contributed by atoms with Crippen LogP contribution in [0, 0.1) is 12.7 Å². The van der Waals surface area contributed by atoms with Crippen molar-refractivity contribution in [3.63, 3.8) is 0 Å². The number of hydrogen-bond acceptors (Lipinski definition) is 3. The van der Waals surface area contributed by atoms with E-state index in [2.05, 4.69) is 11.4 Å². The highest BCUT2D eigenvalue weighted by molar-refractivity contribution is 7.10. The normalized spacial score (nSPS) is 17.7. The van der Waals surface area contributed by atoms with Crippen LogP contribution in [0.3, 0.4) is 0 Å². The number of halogens is 1. The van der Waals surface area contributed by atoms with Gasteiger partial charge >= 0.3 is 0 Å². The Hall–Kier alpha value is -1.88. The number of thiophene rings is 1. The number of carbonyl (C=O) groups is 1. The van der Waals surface area contributed by atoms with Crippen LogP contribution in [-0.4, -0.2) is 23.9 Å². The van der Waals surface area contributed by atoms with Crippen molar-refractivity contribution in [3.8, 4) is 0 Å². The smallest absolute Gasteiger partial charge is 0.242 e. The molecule has 22 heavy (non-hydrogen) atoms. The van der Waals surface area contributed by atoms with Gasteiger partial charge in [-0.05, 0) is 48.9 Å². The highest BCUT2D eigenvalue weighted by atomic mass is 32.1. The van der Waals surface area contributed by atoms with E-state index in [1.807, 2.05) is 23.3 Å². The van der Waals surface area contributed by atoms with E-state index in [1.54, 1.807) is 17.4 Å². The van der Waals surface area contributed by atoms with Gasteiger partial charge in [-0.25, -0.2) is 4.39 Å². The molecule has 5 heteroatoms. The summed E-state index contributed by atoms with van der Waals surface area (Å²) >= 11 is 1.70. The summed E-state index contributed by atoms with van der Waals surface area (Å²) < 4.78 is 13.3. The molecule has 1 saturated heterocycles. The predicted octanol–water partition coefficient (Wildman–Crippen LogP) is 3.97. The lowest BCUT2D eigenvalue weighted by Crippen LogP contribution is -2.34. The Balaban J connectivity index is 1.65. The summed E-state index contributed by atoms with van der Waals surface area (Å²) in [5.74, 6) is -0.224. The fourth-order valence-corrected chi connectivity index (χ4v) is 3.77. The second-order valence-electron chi connectivity index (χ2n) is 5.57. The van der Waals surface area contributed by atoms with Gasteiger partial charge in [-0.2, -0.15) is 0 Å². The van der Waals surface area contributed by atoms with Crippen LogP contribution in [0.15, 0.2) is 35.7 Å². The first kappa shape index (κ1) is 15.0. The fraction of sp³-hybridized carbons (Fsp3) is 0.353. The van der Waals surface area contributed by atoms with Crippen LogP contribution in [0.2, 0.25) is 0 Å². The van der Waals surface area contributed by atoms with Gasteiger partial charge in [0.25, 0.3) is 0 Å². The molecule has 0 bridgehead atoms. The summed E-state index contributed by atoms with van der Waals surface area (Å²) in [6, 6.07) is 8.88. The van der Waals surface area contributed by atoms with Crippen LogP contribution in [0.5, 0.6) is 0 Å². The van der Waals surface area contributed by atoms with E-state index < -0.39 is 0 Å². The Bertz CT molecular complexity index is 657. The van der Waals surface area contributed by atoms with Gasteiger partial charge in [0.1, 0.15) is 5.82 Å². The molecule has 1 aliphatic heterocycles. The third-order valence-corrected chi connectivity index (χ3v) is 5.05. The molecule has 2 aromatic rings. The third-order valence-electron chi connectivity index (χ3n) is 4.07. The molecule has 0 spiro atoms. The zero-order chi connectivity index (χ0) is 15.5. The van der Waals surface area contributed by atoms with Gasteiger partial charge < -0.3 is 10.2 Å². The number of carbonyl (C=O) groups excluding carboxylic acids is 1. The van der Waals surface area contributed by atoms with E-state index in [4.69, 9.17) is 0 Å². The van der Waals surface area contributed by atoms with E-state index in [9.17, 15) is 9.18 Å². The number of benzene rings is 1. The van der Waals surface area contributed by atoms with Crippen molar-refractivity contribution in [1.82, 2.24) is 4.90 Å². The maximum absolute atomic E-state index is 13.3. The second kappa shape index (κ2) is 6.48. The fourth-order valence-electron chi connectivity index (χ4n) is 2.90. The standard InChI is InChI=1S/C17H19FN2OS/c1-12-6-7-13(18)10-14(12)19-11-17(21)20-8-2-4-15(20)16-5-3-9-22-16/h3,5-7,9-10,15,19H,2,4,8,11H2,1H3/t15-/m1/s1. The summed E-state index contributed by atoms with van der Waals surface area (Å²) in [5.41, 5.74) is 1.62. The summed E-state index contributed by atoms with van der Waals surface area (Å²) in [6.07, 6.45) is 2.05. The van der Waals surface area contributed by atoms with Crippen molar-refractivity contribution >= 4 is 22.9 Å². The minimum atomic E-state index is -0.293. The lowest BCUT2D eigenvalue weighted by molar-refractivity contribution is -0.130. The Kier molecular flexibility index (Phi) is 4.43. The van der Waals surface area contributed by atoms with E-state index >= 15 is 0 Å². The quantitative estimate of drug-likeness (QED) is 0.925. The summed E-state index contributed by atoms with van der Waals surface area (Å²) in [4.78, 5) is 15.7. The Labute approximate surface area is 133 Å². The second-order valence-corrected chi connectivity index (χ2v) is 6.55. The van der Waals surface area contributed by atoms with E-state index in [0.29, 0.717) is 5.69 Å². The Morgan fingerprint density at radius 2 is 2.32 bits per heavy atom. The van der Waals surface area contributed by atoms with E-state index in [0.717, 1.165) is 24.9 Å². The molecule has 0 unspecified atom stereocenters. The highest BCUT2D eigenvalue weighted by Crippen LogP contribution is 2.34. The molecule has 1 fully saturated rings. The lowest BCUT2D eigenvalue weighted by atomic mass is 10.2. The molecule has 0 saturated carbocycles. The number of nitrogens with one attached hydrogen (secondary N) is 1. The first-order valence-corrected chi connectivity index (χ1v) is 8.36. The van der Waals surface area contributed by atoms with E-state index in [-0.39, 0.29) is 24.3 Å². The number of hydrogen-bond donors (Lipinski definition) is 1. The molecule has 0 aliphatic carbocycles. The molecule has 3 rings (SSSR count). The summed E-state index contributed by atoms with van der Waals surface area (Å²) in [6.45, 7) is 2.90. The zero-order valence-electron chi connectivity index (χ0n) is 12.5. The average molecular weight is 318 g/mol. The van der Waals surface area contributed by atoms with Gasteiger partial charge in [0, 0.05) is 17.1 Å². The van der Waals surface area contributed by atoms with Crippen LogP contribution >= 0.6 is 11.3 Å². The first-order chi connectivity index (χ1) is 10.6. The van der Waals surface area contributed by atoms with Crippen LogP contribution in [0.1, 0.15) is 29.3 Å². The average Bonchev–Trinajstić information content (AvgIpc) is 3.17. The number of rotatable bonds is 4. The zero-order valence-corrected chi connectivity index (χ0v) is 13.3. The molecule has 2 heterocycles.